The van der Waals surface area contributed by atoms with Crippen molar-refractivity contribution in [2.75, 3.05) is 11.9 Å². The molecule has 1 aromatic rings. The van der Waals surface area contributed by atoms with Crippen molar-refractivity contribution in [1.82, 2.24) is 0 Å². The molecule has 1 aliphatic rings. The molecule has 6 nitrogen and oxygen atoms in total. The lowest BCUT2D eigenvalue weighted by atomic mass is 10.3. The summed E-state index contributed by atoms with van der Waals surface area (Å²) in [7, 11) is -4.28. The van der Waals surface area contributed by atoms with Gasteiger partial charge in [-0.05, 0) is 13.0 Å². The van der Waals surface area contributed by atoms with Crippen LogP contribution in [0.15, 0.2) is 21.4 Å². The molecule has 2 rings (SSSR count). The highest BCUT2D eigenvalue weighted by molar-refractivity contribution is 7.90. The maximum Gasteiger partial charge on any atom is 0.375 e. The molecule has 0 spiro atoms. The summed E-state index contributed by atoms with van der Waals surface area (Å²) in [5.74, 6) is -4.16. The van der Waals surface area contributed by atoms with Crippen LogP contribution in [0.1, 0.15) is 6.92 Å². The Bertz CT molecular complexity index is 685. The van der Waals surface area contributed by atoms with Crippen LogP contribution in [0.5, 0.6) is 0 Å². The molecular formula is C10H8F2N2O4S. The largest absolute Gasteiger partial charge is 0.460 e. The van der Waals surface area contributed by atoms with Crippen molar-refractivity contribution in [3.05, 3.63) is 23.8 Å². The molecule has 0 amide bonds. The number of rotatable bonds is 2. The van der Waals surface area contributed by atoms with Crippen molar-refractivity contribution >= 4 is 27.5 Å². The van der Waals surface area contributed by atoms with Gasteiger partial charge in [-0.15, -0.1) is 4.40 Å². The molecule has 0 atom stereocenters. The highest BCUT2D eigenvalue weighted by Gasteiger charge is 2.30. The Hall–Kier alpha value is -2.03. The molecule has 0 bridgehead atoms. The van der Waals surface area contributed by atoms with E-state index >= 15 is 0 Å². The van der Waals surface area contributed by atoms with Crippen LogP contribution in [0.25, 0.3) is 0 Å². The topological polar surface area (TPSA) is 84.8 Å². The predicted molar refractivity (Wildman–Crippen MR) is 61.2 cm³/mol. The van der Waals surface area contributed by atoms with Gasteiger partial charge in [0.2, 0.25) is 5.84 Å². The average molecular weight is 290 g/mol. The van der Waals surface area contributed by atoms with E-state index in [1.165, 1.54) is 6.92 Å². The van der Waals surface area contributed by atoms with E-state index in [0.29, 0.717) is 12.1 Å². The summed E-state index contributed by atoms with van der Waals surface area (Å²) in [6.07, 6.45) is 0. The quantitative estimate of drug-likeness (QED) is 0.823. The smallest absolute Gasteiger partial charge is 0.375 e. The maximum atomic E-state index is 13.1. The lowest BCUT2D eigenvalue weighted by Crippen LogP contribution is -2.30. The van der Waals surface area contributed by atoms with Gasteiger partial charge in [-0.25, -0.2) is 13.6 Å². The van der Waals surface area contributed by atoms with Crippen LogP contribution in [-0.4, -0.2) is 26.8 Å². The second-order valence-electron chi connectivity index (χ2n) is 3.52. The summed E-state index contributed by atoms with van der Waals surface area (Å²) in [4.78, 5) is 10.9. The fraction of sp³-hybridized carbons (Fsp3) is 0.200. The number of nitrogens with one attached hydrogen (secondary N) is 1. The molecule has 0 aromatic heterocycles. The van der Waals surface area contributed by atoms with Crippen molar-refractivity contribution in [1.29, 1.82) is 0 Å². The fourth-order valence-electron chi connectivity index (χ4n) is 1.45. The van der Waals surface area contributed by atoms with E-state index in [2.05, 4.69) is 14.5 Å². The summed E-state index contributed by atoms with van der Waals surface area (Å²) in [6, 6.07) is 1.13. The number of amidine groups is 1. The molecule has 0 radical (unpaired) electrons. The summed E-state index contributed by atoms with van der Waals surface area (Å²) in [6.45, 7) is 1.54. The third-order valence-corrected chi connectivity index (χ3v) is 3.55. The van der Waals surface area contributed by atoms with Gasteiger partial charge in [-0.3, -0.25) is 0 Å². The number of fused-ring (bicyclic) bond motifs is 1. The molecule has 0 saturated carbocycles. The highest BCUT2D eigenvalue weighted by Crippen LogP contribution is 2.29. The third-order valence-electron chi connectivity index (χ3n) is 2.23. The van der Waals surface area contributed by atoms with Gasteiger partial charge in [0.05, 0.1) is 12.3 Å². The van der Waals surface area contributed by atoms with Crippen LogP contribution in [0.3, 0.4) is 0 Å². The maximum absolute atomic E-state index is 13.1. The van der Waals surface area contributed by atoms with Gasteiger partial charge >= 0.3 is 5.97 Å². The minimum Gasteiger partial charge on any atom is -0.460 e. The monoisotopic (exact) mass is 290 g/mol. The van der Waals surface area contributed by atoms with Crippen molar-refractivity contribution < 1.29 is 26.7 Å². The lowest BCUT2D eigenvalue weighted by molar-refractivity contribution is -0.135. The number of benzene rings is 1. The summed E-state index contributed by atoms with van der Waals surface area (Å²) in [5.41, 5.74) is -0.267. The molecule has 9 heteroatoms. The average Bonchev–Trinajstić information content (AvgIpc) is 2.31. The Balaban J connectivity index is 2.53. The number of anilines is 1. The second kappa shape index (κ2) is 4.57. The van der Waals surface area contributed by atoms with Gasteiger partial charge in [0.15, 0.2) is 11.6 Å². The van der Waals surface area contributed by atoms with Gasteiger partial charge < -0.3 is 10.1 Å². The molecule has 1 heterocycles. The zero-order valence-electron chi connectivity index (χ0n) is 9.61. The van der Waals surface area contributed by atoms with Crippen LogP contribution < -0.4 is 5.32 Å². The van der Waals surface area contributed by atoms with E-state index < -0.39 is 38.4 Å². The summed E-state index contributed by atoms with van der Waals surface area (Å²) < 4.78 is 57.3. The van der Waals surface area contributed by atoms with Crippen LogP contribution in [0, 0.1) is 11.6 Å². The highest BCUT2D eigenvalue weighted by atomic mass is 32.2. The number of halogens is 2. The van der Waals surface area contributed by atoms with Gasteiger partial charge in [0.25, 0.3) is 10.0 Å². The minimum atomic E-state index is -4.28. The Morgan fingerprint density at radius 1 is 1.37 bits per heavy atom. The third kappa shape index (κ3) is 2.41. The second-order valence-corrected chi connectivity index (χ2v) is 5.10. The van der Waals surface area contributed by atoms with Crippen LogP contribution in [-0.2, 0) is 19.6 Å². The Morgan fingerprint density at radius 3 is 2.63 bits per heavy atom. The van der Waals surface area contributed by atoms with Crippen LogP contribution in [0.4, 0.5) is 14.5 Å². The van der Waals surface area contributed by atoms with Crippen molar-refractivity contribution in [2.24, 2.45) is 4.40 Å². The lowest BCUT2D eigenvalue weighted by Gasteiger charge is -2.17. The molecule has 0 unspecified atom stereocenters. The zero-order chi connectivity index (χ0) is 14.2. The van der Waals surface area contributed by atoms with Gasteiger partial charge in [-0.2, -0.15) is 8.42 Å². The Labute approximate surface area is 107 Å². The van der Waals surface area contributed by atoms with Crippen LogP contribution >= 0.6 is 0 Å². The number of carbonyl (C=O) groups excluding carboxylic acids is 1. The first kappa shape index (κ1) is 13.4. The van der Waals surface area contributed by atoms with E-state index in [4.69, 9.17) is 0 Å². The minimum absolute atomic E-state index is 0.0181. The number of ether oxygens (including phenoxy) is 1. The first-order valence-corrected chi connectivity index (χ1v) is 6.57. The Morgan fingerprint density at radius 2 is 2.00 bits per heavy atom. The molecule has 0 saturated heterocycles. The predicted octanol–water partition coefficient (Wildman–Crippen LogP) is 1.04. The van der Waals surface area contributed by atoms with Gasteiger partial charge in [-0.1, -0.05) is 0 Å². The number of nitrogens with zero attached hydrogens (tertiary/aromatic N) is 1. The van der Waals surface area contributed by atoms with E-state index in [9.17, 15) is 22.0 Å². The van der Waals surface area contributed by atoms with E-state index in [1.807, 2.05) is 0 Å². The normalized spacial score (nSPS) is 16.1. The Kier molecular flexibility index (Phi) is 3.23. The molecule has 1 aliphatic heterocycles. The molecule has 19 heavy (non-hydrogen) atoms. The van der Waals surface area contributed by atoms with E-state index in [0.717, 1.165) is 0 Å². The van der Waals surface area contributed by atoms with Crippen LogP contribution in [0.2, 0.25) is 0 Å². The van der Waals surface area contributed by atoms with Crippen molar-refractivity contribution in [3.8, 4) is 0 Å². The van der Waals surface area contributed by atoms with E-state index in [-0.39, 0.29) is 12.3 Å². The molecule has 1 aromatic carbocycles. The van der Waals surface area contributed by atoms with Gasteiger partial charge in [0.1, 0.15) is 4.90 Å². The number of hydrogen-bond donors (Lipinski definition) is 1. The standard InChI is InChI=1S/C10H8F2N2O4S/c1-2-18-10(15)9-13-7-3-5(11)6(12)4-8(7)19(16,17)14-9/h3-4H,2H2,1H3,(H,13,14). The molecule has 0 fully saturated rings. The molecule has 0 aliphatic carbocycles. The van der Waals surface area contributed by atoms with Crippen molar-refractivity contribution in [3.63, 3.8) is 0 Å². The zero-order valence-corrected chi connectivity index (χ0v) is 10.4. The first-order valence-electron chi connectivity index (χ1n) is 5.13. The molecular weight excluding hydrogens is 282 g/mol. The molecule has 102 valence electrons. The number of sulfonamides is 1. The SMILES string of the molecule is CCOC(=O)C1=NS(=O)(=O)c2cc(F)c(F)cc2N1. The van der Waals surface area contributed by atoms with E-state index in [1.54, 1.807) is 0 Å². The first-order chi connectivity index (χ1) is 8.85. The number of carbonyl (C=O) groups is 1. The summed E-state index contributed by atoms with van der Waals surface area (Å²) >= 11 is 0. The van der Waals surface area contributed by atoms with Crippen molar-refractivity contribution in [2.45, 2.75) is 11.8 Å². The fourth-order valence-corrected chi connectivity index (χ4v) is 2.55. The van der Waals surface area contributed by atoms with Gasteiger partial charge in [0, 0.05) is 6.07 Å². The number of esters is 1. The summed E-state index contributed by atoms with van der Waals surface area (Å²) in [5, 5.41) is 2.29. The number of hydrogen-bond acceptors (Lipinski definition) is 5. The molecule has 1 N–H and O–H groups in total.